The number of carbonyl (C=O) groups is 7. The van der Waals surface area contributed by atoms with E-state index in [-0.39, 0.29) is 51.0 Å². The van der Waals surface area contributed by atoms with Crippen molar-refractivity contribution in [3.8, 4) is 0 Å². The van der Waals surface area contributed by atoms with Gasteiger partial charge in [-0.1, -0.05) is 253 Å². The van der Waals surface area contributed by atoms with E-state index in [2.05, 4.69) is 193 Å². The van der Waals surface area contributed by atoms with Crippen LogP contribution < -0.4 is 60.6 Å². The van der Waals surface area contributed by atoms with E-state index < -0.39 is 77.9 Å². The Bertz CT molecular complexity index is 2980. The van der Waals surface area contributed by atoms with Crippen LogP contribution in [0.2, 0.25) is 0 Å². The fraction of sp³-hybridized carbons (Fsp3) is 0.695. The number of carbonyl (C=O) groups excluding carboxylic acids is 7. The molecule has 0 saturated heterocycles. The van der Waals surface area contributed by atoms with E-state index in [0.717, 1.165) is 205 Å². The Morgan fingerprint density at radius 2 is 0.529 bits per heavy atom. The molecule has 15 N–H and O–H groups in total. The van der Waals surface area contributed by atoms with Crippen LogP contribution in [0, 0.1) is 0 Å². The number of allylic oxidation sites excluding steroid dienone is 16. The summed E-state index contributed by atoms with van der Waals surface area (Å²) in [6.07, 6.45) is 93.1. The molecule has 0 rings (SSSR count). The van der Waals surface area contributed by atoms with Gasteiger partial charge in [-0.3, -0.25) is 38.6 Å². The molecule has 0 saturated carbocycles. The number of nitrogens with two attached hydrogens (primary N) is 4. The molecule has 0 spiro atoms. The normalized spacial score (nSPS) is 13.1. The van der Waals surface area contributed by atoms with Gasteiger partial charge in [0.1, 0.15) is 24.2 Å². The SMILES string of the molecule is CCCCC/C=C\C/C=C\CCCCCCC/C=N/NC(=O)CC[C@H](NC(=O)CC[C@H](NC(=O)[C@H](CCCCN=C(N)N)N=C(N)N)C(=O)N[C@@H](CCC(=O)N/N=C/CCCCCCC/C=C\C/C=C\CCCCC)C(=O)N/N=C/CCCCCCC/C=C\C/C=C\CCCCC)C(=O)N/N=C/CCCCCCC/C=C\C/C=C\CCCCC. The van der Waals surface area contributed by atoms with Crippen LogP contribution in [-0.2, 0) is 33.6 Å². The Hall–Kier alpha value is -8.57. The quantitative estimate of drug-likeness (QED) is 0.00893. The number of aliphatic imine (C=N–C) groups is 2. The minimum absolute atomic E-state index is 0.0949. The molecular weight excluding hydrogens is 1490 g/mol. The van der Waals surface area contributed by atoms with Crippen molar-refractivity contribution >= 4 is 78.1 Å². The number of nitrogens with one attached hydrogen (secondary N) is 7. The van der Waals surface area contributed by atoms with Gasteiger partial charge in [0.15, 0.2) is 11.9 Å². The summed E-state index contributed by atoms with van der Waals surface area (Å²) in [7, 11) is 0. The Morgan fingerprint density at radius 3 is 0.840 bits per heavy atom. The Kier molecular flexibility index (Phi) is 81.0. The van der Waals surface area contributed by atoms with Crippen LogP contribution in [0.15, 0.2) is 128 Å². The molecule has 0 aromatic rings. The van der Waals surface area contributed by atoms with E-state index in [1.54, 1.807) is 24.9 Å². The van der Waals surface area contributed by atoms with Crippen LogP contribution in [0.25, 0.3) is 0 Å². The minimum Gasteiger partial charge on any atom is -0.370 e. The Labute approximate surface area is 720 Å². The molecule has 119 heavy (non-hydrogen) atoms. The van der Waals surface area contributed by atoms with Crippen molar-refractivity contribution in [2.45, 2.75) is 418 Å². The number of nitrogens with zero attached hydrogens (tertiary/aromatic N) is 6. The summed E-state index contributed by atoms with van der Waals surface area (Å²) < 4.78 is 0. The van der Waals surface area contributed by atoms with Gasteiger partial charge in [0.2, 0.25) is 29.5 Å². The van der Waals surface area contributed by atoms with E-state index in [9.17, 15) is 33.6 Å². The fourth-order valence-corrected chi connectivity index (χ4v) is 12.7. The lowest BCUT2D eigenvalue weighted by Crippen LogP contribution is -2.55. The third kappa shape index (κ3) is 79.0. The number of hydrogen-bond donors (Lipinski definition) is 11. The molecular formula is C95H167N17O7. The first-order valence-corrected chi connectivity index (χ1v) is 46.7. The molecule has 0 aliphatic rings. The van der Waals surface area contributed by atoms with Gasteiger partial charge in [0, 0.05) is 50.7 Å². The molecule has 0 bridgehead atoms. The van der Waals surface area contributed by atoms with Crippen LogP contribution >= 0.6 is 0 Å². The average Bonchev–Trinajstić information content (AvgIpc) is 0.866. The summed E-state index contributed by atoms with van der Waals surface area (Å²) in [4.78, 5) is 106. The smallest absolute Gasteiger partial charge is 0.262 e. The highest BCUT2D eigenvalue weighted by Crippen LogP contribution is 2.16. The number of unbranched alkanes of at least 4 members (excludes halogenated alkanes) is 37. The second-order valence-corrected chi connectivity index (χ2v) is 31.1. The van der Waals surface area contributed by atoms with Gasteiger partial charge in [0.25, 0.3) is 11.8 Å². The van der Waals surface area contributed by atoms with Crippen LogP contribution in [0.4, 0.5) is 0 Å². The highest BCUT2D eigenvalue weighted by atomic mass is 16.2. The molecule has 0 aromatic carbocycles. The summed E-state index contributed by atoms with van der Waals surface area (Å²) in [6, 6.07) is -5.37. The third-order valence-corrected chi connectivity index (χ3v) is 19.9. The molecule has 4 atom stereocenters. The van der Waals surface area contributed by atoms with E-state index in [4.69, 9.17) is 22.9 Å². The number of hydrazone groups is 4. The molecule has 24 nitrogen and oxygen atoms in total. The summed E-state index contributed by atoms with van der Waals surface area (Å²) in [5.41, 5.74) is 33.0. The van der Waals surface area contributed by atoms with Crippen LogP contribution in [0.3, 0.4) is 0 Å². The first kappa shape index (κ1) is 110. The van der Waals surface area contributed by atoms with E-state index in [0.29, 0.717) is 38.5 Å². The second-order valence-electron chi connectivity index (χ2n) is 31.1. The Balaban J connectivity index is 6.60. The predicted octanol–water partition coefficient (Wildman–Crippen LogP) is 19.5. The monoisotopic (exact) mass is 1660 g/mol. The number of guanidine groups is 2. The number of rotatable bonds is 82. The lowest BCUT2D eigenvalue weighted by molar-refractivity contribution is -0.133. The largest absolute Gasteiger partial charge is 0.370 e. The molecule has 674 valence electrons. The van der Waals surface area contributed by atoms with Gasteiger partial charge in [-0.2, -0.15) is 20.4 Å². The first-order chi connectivity index (χ1) is 58.2. The highest BCUT2D eigenvalue weighted by molar-refractivity contribution is 5.95. The third-order valence-electron chi connectivity index (χ3n) is 19.9. The van der Waals surface area contributed by atoms with E-state index >= 15 is 0 Å². The van der Waals surface area contributed by atoms with Crippen molar-refractivity contribution in [3.05, 3.63) is 97.2 Å². The summed E-state index contributed by atoms with van der Waals surface area (Å²) in [5, 5.41) is 24.9. The maximum atomic E-state index is 14.8. The standard InChI is InChI=1S/C95H167N17O7/c1-5-9-13-17-21-25-29-33-37-41-45-49-53-57-61-66-79-101-109-88(114)76-73-85(92(118)111-103-81-68-63-59-55-51-47-43-39-35-31-27-23-19-15-11-7-3)105-87(113)75-72-84(106-90(116)83(108-95(98)99)71-65-70-78-100-94(96)97)91(117)107-86(93(119)112-104-82-69-64-60-56-52-48-44-40-36-32-28-24-20-16-12-8-4)74-77-89(115)110-102-80-67-62-58-54-50-46-42-38-34-30-26-22-18-14-10-6-2/h21-28,33-40,79-86H,5-20,29-32,41-78H2,1-4H3,(H,105,113)(H,106,116)(H,107,117)(H,109,114)(H,110,115)(H,111,118)(H,112,119)(H4,96,97,100)(H4,98,99,108)/b25-21-,26-22-,27-23-,28-24-,37-33-,38-34-,39-35-,40-36-,101-79+,102-80+,103-81+,104-82+/t83-,84-,85-,86-/m0/s1. The van der Waals surface area contributed by atoms with Gasteiger partial charge in [-0.15, -0.1) is 0 Å². The zero-order valence-electron chi connectivity index (χ0n) is 74.7. The molecule has 0 heterocycles. The zero-order valence-corrected chi connectivity index (χ0v) is 74.7. The van der Waals surface area contributed by atoms with Crippen LogP contribution in [0.5, 0.6) is 0 Å². The molecule has 0 radical (unpaired) electrons. The lowest BCUT2D eigenvalue weighted by Gasteiger charge is -2.24. The summed E-state index contributed by atoms with van der Waals surface area (Å²) in [6.45, 7) is 9.14. The molecule has 24 heteroatoms. The number of hydrogen-bond acceptors (Lipinski definition) is 13. The molecule has 0 unspecified atom stereocenters. The summed E-state index contributed by atoms with van der Waals surface area (Å²) in [5.74, 6) is -5.24. The average molecular weight is 1660 g/mol. The zero-order chi connectivity index (χ0) is 86.9. The maximum Gasteiger partial charge on any atom is 0.262 e. The first-order valence-electron chi connectivity index (χ1n) is 46.7. The molecule has 0 aromatic heterocycles. The van der Waals surface area contributed by atoms with E-state index in [1.807, 2.05) is 0 Å². The van der Waals surface area contributed by atoms with Gasteiger partial charge in [-0.25, -0.2) is 26.7 Å². The predicted molar refractivity (Wildman–Crippen MR) is 502 cm³/mol. The van der Waals surface area contributed by atoms with Gasteiger partial charge in [-0.05, 0) is 218 Å². The van der Waals surface area contributed by atoms with Gasteiger partial charge >= 0.3 is 0 Å². The van der Waals surface area contributed by atoms with Crippen LogP contribution in [-0.4, -0.2) is 109 Å². The lowest BCUT2D eigenvalue weighted by atomic mass is 10.0. The fourth-order valence-electron chi connectivity index (χ4n) is 12.7. The van der Waals surface area contributed by atoms with Crippen molar-refractivity contribution in [1.82, 2.24) is 37.7 Å². The molecule has 0 aliphatic carbocycles. The van der Waals surface area contributed by atoms with Crippen LogP contribution in [0.1, 0.15) is 394 Å². The van der Waals surface area contributed by atoms with Gasteiger partial charge in [0.05, 0.1) is 0 Å². The number of amides is 7. The van der Waals surface area contributed by atoms with Crippen molar-refractivity contribution < 1.29 is 33.6 Å². The van der Waals surface area contributed by atoms with Crippen molar-refractivity contribution in [3.63, 3.8) is 0 Å². The van der Waals surface area contributed by atoms with Gasteiger partial charge < -0.3 is 38.9 Å². The minimum atomic E-state index is -1.52. The second kappa shape index (κ2) is 87.3. The van der Waals surface area contributed by atoms with Crippen molar-refractivity contribution in [2.75, 3.05) is 6.54 Å². The molecule has 0 fully saturated rings. The topological polar surface area (TPSA) is 382 Å². The maximum absolute atomic E-state index is 14.8. The Morgan fingerprint density at radius 1 is 0.261 bits per heavy atom. The molecule has 0 aliphatic heterocycles. The molecule has 7 amide bonds. The van der Waals surface area contributed by atoms with Crippen molar-refractivity contribution in [2.24, 2.45) is 53.3 Å². The van der Waals surface area contributed by atoms with Crippen molar-refractivity contribution in [1.29, 1.82) is 0 Å². The van der Waals surface area contributed by atoms with E-state index in [1.165, 1.54) is 77.0 Å². The summed E-state index contributed by atoms with van der Waals surface area (Å²) >= 11 is 0. The highest BCUT2D eigenvalue weighted by Gasteiger charge is 2.31.